The zero-order valence-electron chi connectivity index (χ0n) is 11.2. The molecule has 0 amide bonds. The molecule has 0 fully saturated rings. The van der Waals surface area contributed by atoms with E-state index >= 15 is 0 Å². The summed E-state index contributed by atoms with van der Waals surface area (Å²) in [6.45, 7) is 4.13. The van der Waals surface area contributed by atoms with Crippen molar-refractivity contribution in [2.24, 2.45) is 5.73 Å². The molecule has 0 bridgehead atoms. The van der Waals surface area contributed by atoms with Crippen LogP contribution in [0.5, 0.6) is 11.5 Å². The van der Waals surface area contributed by atoms with Gasteiger partial charge in [0.1, 0.15) is 11.5 Å². The van der Waals surface area contributed by atoms with Crippen LogP contribution in [0.4, 0.5) is 0 Å². The highest BCUT2D eigenvalue weighted by Crippen LogP contribution is 2.30. The lowest BCUT2D eigenvalue weighted by molar-refractivity contribution is 0.479. The van der Waals surface area contributed by atoms with E-state index in [-0.39, 0.29) is 6.04 Å². The standard InChI is InChI=1S/C16H18BrNO/c1-3-15(18)12-5-7-13(8-6-12)19-16-9-4-11(2)10-14(16)17/h4-10,15H,3,18H2,1-2H3. The minimum absolute atomic E-state index is 0.0974. The van der Waals surface area contributed by atoms with Crippen molar-refractivity contribution in [2.75, 3.05) is 0 Å². The van der Waals surface area contributed by atoms with E-state index in [1.165, 1.54) is 5.56 Å². The third-order valence-electron chi connectivity index (χ3n) is 3.06. The van der Waals surface area contributed by atoms with Crippen molar-refractivity contribution in [1.82, 2.24) is 0 Å². The zero-order valence-corrected chi connectivity index (χ0v) is 12.8. The second-order valence-corrected chi connectivity index (χ2v) is 5.47. The molecule has 2 aromatic carbocycles. The number of rotatable bonds is 4. The van der Waals surface area contributed by atoms with E-state index < -0.39 is 0 Å². The molecule has 0 aliphatic heterocycles. The third kappa shape index (κ3) is 3.58. The van der Waals surface area contributed by atoms with E-state index in [0.29, 0.717) is 0 Å². The quantitative estimate of drug-likeness (QED) is 0.864. The van der Waals surface area contributed by atoms with Crippen molar-refractivity contribution in [2.45, 2.75) is 26.3 Å². The molecule has 0 aliphatic rings. The molecular weight excluding hydrogens is 302 g/mol. The number of halogens is 1. The summed E-state index contributed by atoms with van der Waals surface area (Å²) in [6.07, 6.45) is 0.934. The van der Waals surface area contributed by atoms with Crippen LogP contribution in [0.25, 0.3) is 0 Å². The predicted molar refractivity (Wildman–Crippen MR) is 82.6 cm³/mol. The highest BCUT2D eigenvalue weighted by Gasteiger charge is 2.05. The fourth-order valence-electron chi connectivity index (χ4n) is 1.83. The Morgan fingerprint density at radius 1 is 1.16 bits per heavy atom. The van der Waals surface area contributed by atoms with Crippen molar-refractivity contribution >= 4 is 15.9 Å². The van der Waals surface area contributed by atoms with Crippen molar-refractivity contribution in [3.63, 3.8) is 0 Å². The molecule has 100 valence electrons. The molecule has 19 heavy (non-hydrogen) atoms. The minimum atomic E-state index is 0.0974. The summed E-state index contributed by atoms with van der Waals surface area (Å²) in [7, 11) is 0. The summed E-state index contributed by atoms with van der Waals surface area (Å²) in [5, 5.41) is 0. The minimum Gasteiger partial charge on any atom is -0.456 e. The molecule has 0 spiro atoms. The van der Waals surface area contributed by atoms with Gasteiger partial charge in [0.25, 0.3) is 0 Å². The van der Waals surface area contributed by atoms with Gasteiger partial charge in [0, 0.05) is 6.04 Å². The summed E-state index contributed by atoms with van der Waals surface area (Å²) >= 11 is 3.51. The first-order valence-corrected chi connectivity index (χ1v) is 7.19. The van der Waals surface area contributed by atoms with Crippen LogP contribution in [0.2, 0.25) is 0 Å². The zero-order chi connectivity index (χ0) is 13.8. The van der Waals surface area contributed by atoms with Crippen LogP contribution < -0.4 is 10.5 Å². The lowest BCUT2D eigenvalue weighted by atomic mass is 10.1. The number of benzene rings is 2. The third-order valence-corrected chi connectivity index (χ3v) is 3.68. The van der Waals surface area contributed by atoms with Gasteiger partial charge in [-0.3, -0.25) is 0 Å². The van der Waals surface area contributed by atoms with Gasteiger partial charge >= 0.3 is 0 Å². The first-order valence-electron chi connectivity index (χ1n) is 6.39. The maximum absolute atomic E-state index is 5.99. The molecule has 1 atom stereocenters. The second kappa shape index (κ2) is 6.22. The Balaban J connectivity index is 2.15. The van der Waals surface area contributed by atoms with Gasteiger partial charge in [-0.25, -0.2) is 0 Å². The SMILES string of the molecule is CCC(N)c1ccc(Oc2ccc(C)cc2Br)cc1. The molecule has 0 saturated carbocycles. The first-order chi connectivity index (χ1) is 9.10. The Kier molecular flexibility index (Phi) is 4.61. The molecule has 0 heterocycles. The van der Waals surface area contributed by atoms with E-state index in [4.69, 9.17) is 10.5 Å². The van der Waals surface area contributed by atoms with Gasteiger partial charge in [-0.15, -0.1) is 0 Å². The van der Waals surface area contributed by atoms with E-state index in [2.05, 4.69) is 29.8 Å². The van der Waals surface area contributed by atoms with Crippen LogP contribution in [-0.2, 0) is 0 Å². The summed E-state index contributed by atoms with van der Waals surface area (Å²) < 4.78 is 6.80. The van der Waals surface area contributed by atoms with Crippen LogP contribution in [0.3, 0.4) is 0 Å². The number of hydrogen-bond donors (Lipinski definition) is 1. The maximum Gasteiger partial charge on any atom is 0.141 e. The van der Waals surface area contributed by atoms with E-state index in [1.54, 1.807) is 0 Å². The molecule has 2 nitrogen and oxygen atoms in total. The lowest BCUT2D eigenvalue weighted by Crippen LogP contribution is -2.08. The number of nitrogens with two attached hydrogens (primary N) is 1. The summed E-state index contributed by atoms with van der Waals surface area (Å²) in [5.41, 5.74) is 8.32. The van der Waals surface area contributed by atoms with Crippen LogP contribution >= 0.6 is 15.9 Å². The maximum atomic E-state index is 5.99. The van der Waals surface area contributed by atoms with Crippen LogP contribution in [0.15, 0.2) is 46.9 Å². The summed E-state index contributed by atoms with van der Waals surface area (Å²) in [5.74, 6) is 1.63. The first kappa shape index (κ1) is 14.1. The average molecular weight is 320 g/mol. The van der Waals surface area contributed by atoms with Crippen LogP contribution in [0, 0.1) is 6.92 Å². The van der Waals surface area contributed by atoms with Gasteiger partial charge in [0.15, 0.2) is 0 Å². The highest BCUT2D eigenvalue weighted by molar-refractivity contribution is 9.10. The Hall–Kier alpha value is -1.32. The summed E-state index contributed by atoms with van der Waals surface area (Å²) in [6, 6.07) is 14.1. The Labute approximate surface area is 122 Å². The predicted octanol–water partition coefficient (Wildman–Crippen LogP) is 4.96. The van der Waals surface area contributed by atoms with Crippen LogP contribution in [0.1, 0.15) is 30.5 Å². The van der Waals surface area contributed by atoms with Crippen LogP contribution in [-0.4, -0.2) is 0 Å². The fourth-order valence-corrected chi connectivity index (χ4v) is 2.41. The van der Waals surface area contributed by atoms with E-state index in [9.17, 15) is 0 Å². The van der Waals surface area contributed by atoms with Crippen molar-refractivity contribution in [1.29, 1.82) is 0 Å². The molecule has 3 heteroatoms. The van der Waals surface area contributed by atoms with Gasteiger partial charge in [-0.05, 0) is 64.7 Å². The highest BCUT2D eigenvalue weighted by atomic mass is 79.9. The van der Waals surface area contributed by atoms with Gasteiger partial charge in [0.2, 0.25) is 0 Å². The molecule has 2 aromatic rings. The molecule has 0 saturated heterocycles. The molecule has 2 N–H and O–H groups in total. The molecule has 1 unspecified atom stereocenters. The number of hydrogen-bond acceptors (Lipinski definition) is 2. The number of ether oxygens (including phenoxy) is 1. The Morgan fingerprint density at radius 2 is 1.84 bits per heavy atom. The lowest BCUT2D eigenvalue weighted by Gasteiger charge is -2.11. The molecule has 0 radical (unpaired) electrons. The van der Waals surface area contributed by atoms with Gasteiger partial charge in [-0.1, -0.05) is 25.1 Å². The van der Waals surface area contributed by atoms with Gasteiger partial charge < -0.3 is 10.5 Å². The second-order valence-electron chi connectivity index (χ2n) is 4.62. The normalized spacial score (nSPS) is 12.2. The molecule has 2 rings (SSSR count). The van der Waals surface area contributed by atoms with E-state index in [1.807, 2.05) is 42.5 Å². The topological polar surface area (TPSA) is 35.2 Å². The van der Waals surface area contributed by atoms with Crippen molar-refractivity contribution < 1.29 is 4.74 Å². The molecule has 0 aromatic heterocycles. The van der Waals surface area contributed by atoms with Crippen molar-refractivity contribution in [3.8, 4) is 11.5 Å². The Bertz CT molecular complexity index is 551. The van der Waals surface area contributed by atoms with Crippen molar-refractivity contribution in [3.05, 3.63) is 58.1 Å². The number of aryl methyl sites for hydroxylation is 1. The fraction of sp³-hybridized carbons (Fsp3) is 0.250. The summed E-state index contributed by atoms with van der Waals surface area (Å²) in [4.78, 5) is 0. The Morgan fingerprint density at radius 3 is 2.42 bits per heavy atom. The average Bonchev–Trinajstić information content (AvgIpc) is 2.42. The molecular formula is C16H18BrNO. The smallest absolute Gasteiger partial charge is 0.141 e. The van der Waals surface area contributed by atoms with Gasteiger partial charge in [0.05, 0.1) is 4.47 Å². The van der Waals surface area contributed by atoms with E-state index in [0.717, 1.165) is 28.0 Å². The molecule has 0 aliphatic carbocycles. The largest absolute Gasteiger partial charge is 0.456 e. The van der Waals surface area contributed by atoms with Gasteiger partial charge in [-0.2, -0.15) is 0 Å². The monoisotopic (exact) mass is 319 g/mol.